The highest BCUT2D eigenvalue weighted by atomic mass is 79.9. The molecule has 0 radical (unpaired) electrons. The summed E-state index contributed by atoms with van der Waals surface area (Å²) < 4.78 is 1.20. The van der Waals surface area contributed by atoms with Gasteiger partial charge in [0.15, 0.2) is 0 Å². The van der Waals surface area contributed by atoms with Gasteiger partial charge in [0.2, 0.25) is 0 Å². The smallest absolute Gasteiger partial charge is 0.0311 e. The van der Waals surface area contributed by atoms with Crippen molar-refractivity contribution >= 4 is 43.6 Å². The summed E-state index contributed by atoms with van der Waals surface area (Å²) in [6.07, 6.45) is 0. The van der Waals surface area contributed by atoms with E-state index in [2.05, 4.69) is 70.0 Å². The number of hydrogen-bond donors (Lipinski definition) is 0. The molecule has 1 rings (SSSR count). The molecule has 3 heteroatoms. The van der Waals surface area contributed by atoms with Crippen LogP contribution in [0.5, 0.6) is 0 Å². The van der Waals surface area contributed by atoms with Gasteiger partial charge in [-0.15, -0.1) is 11.8 Å². The molecular formula is C12H16Br2S. The number of thioether (sulfide) groups is 1. The van der Waals surface area contributed by atoms with Crippen LogP contribution in [0.1, 0.15) is 13.8 Å². The summed E-state index contributed by atoms with van der Waals surface area (Å²) in [4.78, 5) is 1.34. The van der Waals surface area contributed by atoms with Crippen molar-refractivity contribution in [1.29, 1.82) is 0 Å². The van der Waals surface area contributed by atoms with Gasteiger partial charge < -0.3 is 0 Å². The lowest BCUT2D eigenvalue weighted by Crippen LogP contribution is -2.12. The zero-order chi connectivity index (χ0) is 11.3. The minimum Gasteiger partial charge on any atom is -0.125 e. The minimum atomic E-state index is 0.736. The highest BCUT2D eigenvalue weighted by molar-refractivity contribution is 9.10. The average molecular weight is 352 g/mol. The second-order valence-corrected chi connectivity index (χ2v) is 6.46. The molecule has 0 fully saturated rings. The molecule has 15 heavy (non-hydrogen) atoms. The fourth-order valence-electron chi connectivity index (χ4n) is 1.17. The highest BCUT2D eigenvalue weighted by Gasteiger charge is 2.12. The number of hydrogen-bond acceptors (Lipinski definition) is 1. The summed E-state index contributed by atoms with van der Waals surface area (Å²) in [5.74, 6) is 2.65. The van der Waals surface area contributed by atoms with Crippen molar-refractivity contribution in [1.82, 2.24) is 0 Å². The normalized spacial score (nSPS) is 13.1. The summed E-state index contributed by atoms with van der Waals surface area (Å²) in [5, 5.41) is 1.09. The molecule has 0 aromatic heterocycles. The molecule has 0 N–H and O–H groups in total. The second kappa shape index (κ2) is 6.97. The van der Waals surface area contributed by atoms with E-state index in [-0.39, 0.29) is 0 Å². The average Bonchev–Trinajstić information content (AvgIpc) is 2.21. The second-order valence-electron chi connectivity index (χ2n) is 3.90. The summed E-state index contributed by atoms with van der Waals surface area (Å²) in [7, 11) is 0. The Hall–Kier alpha value is 0.530. The minimum absolute atomic E-state index is 0.736. The van der Waals surface area contributed by atoms with Gasteiger partial charge in [0.1, 0.15) is 0 Å². The third-order valence-corrected chi connectivity index (χ3v) is 5.48. The first-order chi connectivity index (χ1) is 7.15. The zero-order valence-corrected chi connectivity index (χ0v) is 13.0. The number of halogens is 2. The quantitative estimate of drug-likeness (QED) is 0.518. The Morgan fingerprint density at radius 1 is 1.27 bits per heavy atom. The molecule has 0 heterocycles. The number of benzene rings is 1. The molecular weight excluding hydrogens is 336 g/mol. The van der Waals surface area contributed by atoms with Gasteiger partial charge in [-0.2, -0.15) is 0 Å². The van der Waals surface area contributed by atoms with E-state index in [1.54, 1.807) is 0 Å². The van der Waals surface area contributed by atoms with Gasteiger partial charge in [0, 0.05) is 20.5 Å². The molecule has 84 valence electrons. The first kappa shape index (κ1) is 13.6. The predicted octanol–water partition coefficient (Wildman–Crippen LogP) is 5.21. The molecule has 0 amide bonds. The molecule has 0 saturated carbocycles. The van der Waals surface area contributed by atoms with Crippen LogP contribution in [0.4, 0.5) is 0 Å². The van der Waals surface area contributed by atoms with Crippen molar-refractivity contribution in [2.75, 3.05) is 11.1 Å². The molecule has 0 saturated heterocycles. The van der Waals surface area contributed by atoms with Gasteiger partial charge in [-0.3, -0.25) is 0 Å². The molecule has 1 unspecified atom stereocenters. The lowest BCUT2D eigenvalue weighted by molar-refractivity contribution is 0.474. The van der Waals surface area contributed by atoms with Crippen molar-refractivity contribution in [3.05, 3.63) is 28.7 Å². The van der Waals surface area contributed by atoms with Crippen molar-refractivity contribution < 1.29 is 0 Å². The van der Waals surface area contributed by atoms with E-state index in [1.807, 2.05) is 11.8 Å². The van der Waals surface area contributed by atoms with Crippen molar-refractivity contribution in [2.24, 2.45) is 11.8 Å². The highest BCUT2D eigenvalue weighted by Crippen LogP contribution is 2.30. The summed E-state index contributed by atoms with van der Waals surface area (Å²) >= 11 is 9.09. The third kappa shape index (κ3) is 4.49. The van der Waals surface area contributed by atoms with E-state index in [4.69, 9.17) is 0 Å². The molecule has 0 nitrogen and oxygen atoms in total. The van der Waals surface area contributed by atoms with Crippen LogP contribution < -0.4 is 0 Å². The fraction of sp³-hybridized carbons (Fsp3) is 0.500. The van der Waals surface area contributed by atoms with E-state index in [9.17, 15) is 0 Å². The molecule has 0 bridgehead atoms. The summed E-state index contributed by atoms with van der Waals surface area (Å²) in [6, 6.07) is 8.41. The Morgan fingerprint density at radius 3 is 2.47 bits per heavy atom. The maximum atomic E-state index is 3.58. The van der Waals surface area contributed by atoms with Gasteiger partial charge >= 0.3 is 0 Å². The number of rotatable bonds is 5. The van der Waals surface area contributed by atoms with E-state index >= 15 is 0 Å². The maximum absolute atomic E-state index is 3.58. The standard InChI is InChI=1S/C12H16Br2S/c1-9(2)10(7-13)8-15-12-6-4-3-5-11(12)14/h3-6,9-10H,7-8H2,1-2H3. The SMILES string of the molecule is CC(C)C(CBr)CSc1ccccc1Br. The Balaban J connectivity index is 2.53. The molecule has 1 atom stereocenters. The van der Waals surface area contributed by atoms with Crippen LogP contribution in [0.3, 0.4) is 0 Å². The van der Waals surface area contributed by atoms with Crippen molar-refractivity contribution in [2.45, 2.75) is 18.7 Å². The van der Waals surface area contributed by atoms with Gasteiger partial charge in [-0.05, 0) is 39.9 Å². The monoisotopic (exact) mass is 350 g/mol. The summed E-state index contributed by atoms with van der Waals surface area (Å²) in [5.41, 5.74) is 0. The topological polar surface area (TPSA) is 0 Å². The van der Waals surface area contributed by atoms with Crippen LogP contribution in [0, 0.1) is 11.8 Å². The van der Waals surface area contributed by atoms with Gasteiger partial charge in [-0.1, -0.05) is 41.9 Å². The van der Waals surface area contributed by atoms with Gasteiger partial charge in [-0.25, -0.2) is 0 Å². The van der Waals surface area contributed by atoms with Gasteiger partial charge in [0.05, 0.1) is 0 Å². The molecule has 1 aromatic carbocycles. The Bertz CT molecular complexity index is 299. The van der Waals surface area contributed by atoms with Gasteiger partial charge in [0.25, 0.3) is 0 Å². The zero-order valence-electron chi connectivity index (χ0n) is 9.04. The van der Waals surface area contributed by atoms with Crippen LogP contribution in [0.2, 0.25) is 0 Å². The number of alkyl halides is 1. The first-order valence-corrected chi connectivity index (χ1v) is 7.98. The van der Waals surface area contributed by atoms with E-state index in [1.165, 1.54) is 15.1 Å². The Morgan fingerprint density at radius 2 is 1.93 bits per heavy atom. The van der Waals surface area contributed by atoms with Crippen LogP contribution >= 0.6 is 43.6 Å². The third-order valence-electron chi connectivity index (χ3n) is 2.43. The van der Waals surface area contributed by atoms with E-state index in [0.29, 0.717) is 0 Å². The summed E-state index contributed by atoms with van der Waals surface area (Å²) in [6.45, 7) is 4.57. The Kier molecular flexibility index (Phi) is 6.32. The van der Waals surface area contributed by atoms with Crippen LogP contribution in [-0.4, -0.2) is 11.1 Å². The van der Waals surface area contributed by atoms with Crippen molar-refractivity contribution in [3.8, 4) is 0 Å². The molecule has 0 spiro atoms. The Labute approximate surface area is 113 Å². The molecule has 1 aromatic rings. The largest absolute Gasteiger partial charge is 0.125 e. The lowest BCUT2D eigenvalue weighted by atomic mass is 10.0. The van der Waals surface area contributed by atoms with Crippen LogP contribution in [0.15, 0.2) is 33.6 Å². The van der Waals surface area contributed by atoms with Crippen LogP contribution in [-0.2, 0) is 0 Å². The fourth-order valence-corrected chi connectivity index (χ4v) is 4.36. The van der Waals surface area contributed by atoms with Crippen molar-refractivity contribution in [3.63, 3.8) is 0 Å². The van der Waals surface area contributed by atoms with E-state index in [0.717, 1.165) is 17.2 Å². The molecule has 0 aliphatic heterocycles. The maximum Gasteiger partial charge on any atom is 0.0311 e. The molecule has 0 aliphatic carbocycles. The first-order valence-electron chi connectivity index (χ1n) is 5.08. The predicted molar refractivity (Wildman–Crippen MR) is 77.0 cm³/mol. The van der Waals surface area contributed by atoms with E-state index < -0.39 is 0 Å². The van der Waals surface area contributed by atoms with Crippen LogP contribution in [0.25, 0.3) is 0 Å². The molecule has 0 aliphatic rings. The lowest BCUT2D eigenvalue weighted by Gasteiger charge is -2.17.